The Kier molecular flexibility index (Phi) is 7.50. The van der Waals surface area contributed by atoms with E-state index in [1.165, 1.54) is 0 Å². The van der Waals surface area contributed by atoms with E-state index in [0.29, 0.717) is 40.5 Å². The number of rotatable bonds is 5. The summed E-state index contributed by atoms with van der Waals surface area (Å²) in [5.74, 6) is 3.87. The molecule has 0 bridgehead atoms. The molecule has 5 heterocycles. The Morgan fingerprint density at radius 3 is 1.38 bits per heavy atom. The third-order valence-electron chi connectivity index (χ3n) is 10.3. The van der Waals surface area contributed by atoms with Gasteiger partial charge in [-0.15, -0.1) is 0 Å². The molecule has 0 N–H and O–H groups in total. The number of pyridine rings is 1. The highest BCUT2D eigenvalue weighted by Gasteiger charge is 2.24. The van der Waals surface area contributed by atoms with E-state index < -0.39 is 0 Å². The first-order valence-corrected chi connectivity index (χ1v) is 18.3. The quantitative estimate of drug-likeness (QED) is 0.172. The van der Waals surface area contributed by atoms with Gasteiger partial charge >= 0.3 is 0 Å². The van der Waals surface area contributed by atoms with E-state index in [1.807, 2.05) is 64.4 Å². The van der Waals surface area contributed by atoms with Crippen LogP contribution in [0.15, 0.2) is 122 Å². The molecule has 0 aliphatic heterocycles. The van der Waals surface area contributed by atoms with Crippen LogP contribution in [0.3, 0.4) is 0 Å². The Balaban J connectivity index is 1.34. The molecule has 56 heavy (non-hydrogen) atoms. The lowest BCUT2D eigenvalue weighted by Crippen LogP contribution is -2.06. The van der Waals surface area contributed by atoms with E-state index in [-0.39, 0.29) is 0 Å². The van der Waals surface area contributed by atoms with Gasteiger partial charge in [0.2, 0.25) is 0 Å². The minimum Gasteiger partial charge on any atom is -0.307 e. The van der Waals surface area contributed by atoms with E-state index >= 15 is 0 Å². The SMILES string of the molecule is Cc1nc(C)nc(-c2ccc3c4ccccc4n(-c4cncc(-n5c6ccccc6c6ccc(-c7nc(C)nc(C)n7)cc65)c4-c4ccccc4C#N)c3c2)n1. The van der Waals surface area contributed by atoms with Gasteiger partial charge in [-0.3, -0.25) is 4.98 Å². The normalized spacial score (nSPS) is 11.6. The summed E-state index contributed by atoms with van der Waals surface area (Å²) in [6.45, 7) is 7.53. The maximum atomic E-state index is 10.6. The molecule has 5 aromatic heterocycles. The molecule has 5 aromatic carbocycles. The van der Waals surface area contributed by atoms with Crippen LogP contribution in [0.1, 0.15) is 28.9 Å². The number of benzene rings is 5. The van der Waals surface area contributed by atoms with E-state index in [1.54, 1.807) is 0 Å². The average Bonchev–Trinajstić information content (AvgIpc) is 3.72. The number of nitriles is 1. The van der Waals surface area contributed by atoms with Gasteiger partial charge < -0.3 is 9.13 Å². The highest BCUT2D eigenvalue weighted by Crippen LogP contribution is 2.43. The third kappa shape index (κ3) is 5.21. The second-order valence-electron chi connectivity index (χ2n) is 13.9. The van der Waals surface area contributed by atoms with Crippen LogP contribution in [-0.4, -0.2) is 44.0 Å². The summed E-state index contributed by atoms with van der Waals surface area (Å²) in [4.78, 5) is 32.6. The summed E-state index contributed by atoms with van der Waals surface area (Å²) >= 11 is 0. The fourth-order valence-corrected chi connectivity index (χ4v) is 8.08. The van der Waals surface area contributed by atoms with Crippen molar-refractivity contribution in [3.63, 3.8) is 0 Å². The zero-order chi connectivity index (χ0) is 38.1. The summed E-state index contributed by atoms with van der Waals surface area (Å²) in [7, 11) is 0. The van der Waals surface area contributed by atoms with Crippen LogP contribution in [0.5, 0.6) is 0 Å². The van der Waals surface area contributed by atoms with Gasteiger partial charge in [0.05, 0.1) is 57.5 Å². The lowest BCUT2D eigenvalue weighted by molar-refractivity contribution is 0.928. The standard InChI is InChI=1S/C46H32N10/c1-26-49-27(2)52-45(51-26)30-17-19-36-34-13-7-9-15-38(34)55(40(36)21-30)42-24-48-25-43(44(42)33-12-6-5-11-32(33)23-47)56-39-16-10-8-14-35(39)37-20-18-31(22-41(37)56)46-53-28(3)50-29(4)54-46/h5-22,24-25H,1-4H3. The molecule has 10 heteroatoms. The summed E-state index contributed by atoms with van der Waals surface area (Å²) in [6.07, 6.45) is 3.80. The van der Waals surface area contributed by atoms with Gasteiger partial charge in [0.1, 0.15) is 23.3 Å². The van der Waals surface area contributed by atoms with Crippen LogP contribution in [0.25, 0.3) is 88.9 Å². The molecule has 0 unspecified atom stereocenters. The van der Waals surface area contributed by atoms with Crippen molar-refractivity contribution >= 4 is 43.6 Å². The third-order valence-corrected chi connectivity index (χ3v) is 10.3. The van der Waals surface area contributed by atoms with Gasteiger partial charge in [-0.25, -0.2) is 29.9 Å². The highest BCUT2D eigenvalue weighted by atomic mass is 15.1. The summed E-state index contributed by atoms with van der Waals surface area (Å²) in [5, 5.41) is 14.9. The molecule has 10 nitrogen and oxygen atoms in total. The molecule has 0 aliphatic carbocycles. The van der Waals surface area contributed by atoms with Crippen molar-refractivity contribution in [1.29, 1.82) is 5.26 Å². The van der Waals surface area contributed by atoms with Crippen molar-refractivity contribution in [2.24, 2.45) is 0 Å². The van der Waals surface area contributed by atoms with Gasteiger partial charge in [-0.2, -0.15) is 5.26 Å². The molecular weight excluding hydrogens is 693 g/mol. The smallest absolute Gasteiger partial charge is 0.163 e. The zero-order valence-electron chi connectivity index (χ0n) is 31.0. The van der Waals surface area contributed by atoms with Crippen molar-refractivity contribution in [2.75, 3.05) is 0 Å². The molecule has 0 saturated carbocycles. The maximum Gasteiger partial charge on any atom is 0.163 e. The van der Waals surface area contributed by atoms with E-state index in [4.69, 9.17) is 24.9 Å². The van der Waals surface area contributed by atoms with Gasteiger partial charge in [0, 0.05) is 43.8 Å². The predicted octanol–water partition coefficient (Wildman–Crippen LogP) is 9.75. The molecule has 10 rings (SSSR count). The predicted molar refractivity (Wildman–Crippen MR) is 220 cm³/mol. The van der Waals surface area contributed by atoms with Crippen molar-refractivity contribution in [3.8, 4) is 51.3 Å². The molecule has 0 saturated heterocycles. The second-order valence-corrected chi connectivity index (χ2v) is 13.9. The molecule has 0 amide bonds. The number of para-hydroxylation sites is 2. The van der Waals surface area contributed by atoms with Gasteiger partial charge in [-0.1, -0.05) is 78.9 Å². The number of aryl methyl sites for hydroxylation is 4. The number of aromatic nitrogens is 9. The monoisotopic (exact) mass is 724 g/mol. The molecule has 266 valence electrons. The van der Waals surface area contributed by atoms with Crippen molar-refractivity contribution in [3.05, 3.63) is 150 Å². The molecule has 0 fully saturated rings. The Morgan fingerprint density at radius 1 is 0.464 bits per heavy atom. The average molecular weight is 725 g/mol. The van der Waals surface area contributed by atoms with Crippen LogP contribution in [0.4, 0.5) is 0 Å². The Hall–Kier alpha value is -7.64. The van der Waals surface area contributed by atoms with Crippen LogP contribution in [0.2, 0.25) is 0 Å². The highest BCUT2D eigenvalue weighted by molar-refractivity contribution is 6.12. The van der Waals surface area contributed by atoms with Crippen LogP contribution < -0.4 is 0 Å². The van der Waals surface area contributed by atoms with E-state index in [0.717, 1.165) is 77.2 Å². The largest absolute Gasteiger partial charge is 0.307 e. The van der Waals surface area contributed by atoms with Gasteiger partial charge in [0.15, 0.2) is 11.6 Å². The molecule has 10 aromatic rings. The Morgan fingerprint density at radius 2 is 0.893 bits per heavy atom. The van der Waals surface area contributed by atoms with E-state index in [2.05, 4.69) is 110 Å². The van der Waals surface area contributed by atoms with Crippen molar-refractivity contribution < 1.29 is 0 Å². The van der Waals surface area contributed by atoms with Gasteiger partial charge in [-0.05, 0) is 58.0 Å². The second kappa shape index (κ2) is 12.7. The molecule has 0 aliphatic rings. The number of hydrogen-bond donors (Lipinski definition) is 0. The molecule has 0 spiro atoms. The first kappa shape index (κ1) is 33.0. The lowest BCUT2D eigenvalue weighted by Gasteiger charge is -2.20. The molecule has 0 atom stereocenters. The number of nitrogens with zero attached hydrogens (tertiary/aromatic N) is 10. The fourth-order valence-electron chi connectivity index (χ4n) is 8.08. The lowest BCUT2D eigenvalue weighted by atomic mass is 9.97. The molecular formula is C46H32N10. The van der Waals surface area contributed by atoms with E-state index in [9.17, 15) is 5.26 Å². The topological polar surface area (TPSA) is 124 Å². The maximum absolute atomic E-state index is 10.6. The Bertz CT molecular complexity index is 3050. The summed E-state index contributed by atoms with van der Waals surface area (Å²) in [6, 6.07) is 39.7. The minimum absolute atomic E-state index is 0.552. The Labute approximate surface area is 321 Å². The summed E-state index contributed by atoms with van der Waals surface area (Å²) < 4.78 is 4.51. The van der Waals surface area contributed by atoms with Crippen LogP contribution in [0, 0.1) is 39.0 Å². The number of fused-ring (bicyclic) bond motifs is 6. The zero-order valence-corrected chi connectivity index (χ0v) is 31.0. The van der Waals surface area contributed by atoms with Gasteiger partial charge in [0.25, 0.3) is 0 Å². The van der Waals surface area contributed by atoms with Crippen LogP contribution >= 0.6 is 0 Å². The fraction of sp³-hybridized carbons (Fsp3) is 0.0870. The van der Waals surface area contributed by atoms with Crippen molar-refractivity contribution in [1.82, 2.24) is 44.0 Å². The first-order chi connectivity index (χ1) is 27.4. The summed E-state index contributed by atoms with van der Waals surface area (Å²) in [5.41, 5.74) is 9.51. The minimum atomic E-state index is 0.552. The van der Waals surface area contributed by atoms with Crippen molar-refractivity contribution in [2.45, 2.75) is 27.7 Å². The number of hydrogen-bond acceptors (Lipinski definition) is 8. The van der Waals surface area contributed by atoms with Crippen LogP contribution in [-0.2, 0) is 0 Å². The first-order valence-electron chi connectivity index (χ1n) is 18.3. The molecule has 0 radical (unpaired) electrons.